The van der Waals surface area contributed by atoms with Crippen molar-refractivity contribution in [3.05, 3.63) is 23.8 Å². The maximum atomic E-state index is 12.1. The number of nitrogens with one attached hydrogen (secondary N) is 1. The van der Waals surface area contributed by atoms with E-state index in [1.165, 1.54) is 6.07 Å². The largest absolute Gasteiger partial charge is 0.399 e. The monoisotopic (exact) mass is 256 g/mol. The van der Waals surface area contributed by atoms with Crippen molar-refractivity contribution in [3.8, 4) is 0 Å². The molecule has 0 aliphatic rings. The molecule has 0 atom stereocenters. The molecule has 0 heterocycles. The smallest absolute Gasteiger partial charge is 0.240 e. The van der Waals surface area contributed by atoms with E-state index in [-0.39, 0.29) is 10.9 Å². The molecule has 0 saturated heterocycles. The predicted molar refractivity (Wildman–Crippen MR) is 70.3 cm³/mol. The molecule has 1 aromatic rings. The molecule has 0 aliphatic heterocycles. The van der Waals surface area contributed by atoms with Gasteiger partial charge in [-0.1, -0.05) is 13.8 Å². The first-order valence-electron chi connectivity index (χ1n) is 5.79. The van der Waals surface area contributed by atoms with Gasteiger partial charge in [0.25, 0.3) is 0 Å². The highest BCUT2D eigenvalue weighted by molar-refractivity contribution is 7.89. The topological polar surface area (TPSA) is 72.2 Å². The van der Waals surface area contributed by atoms with Gasteiger partial charge < -0.3 is 5.73 Å². The quantitative estimate of drug-likeness (QED) is 0.792. The maximum Gasteiger partial charge on any atom is 0.240 e. The number of nitrogens with two attached hydrogens (primary N) is 1. The van der Waals surface area contributed by atoms with E-state index in [4.69, 9.17) is 5.73 Å². The van der Waals surface area contributed by atoms with Gasteiger partial charge in [-0.3, -0.25) is 0 Å². The van der Waals surface area contributed by atoms with Crippen LogP contribution >= 0.6 is 0 Å². The summed E-state index contributed by atoms with van der Waals surface area (Å²) in [5, 5.41) is 0. The highest BCUT2D eigenvalue weighted by Crippen LogP contribution is 2.17. The summed E-state index contributed by atoms with van der Waals surface area (Å²) >= 11 is 0. The van der Waals surface area contributed by atoms with Crippen LogP contribution in [0.25, 0.3) is 0 Å². The van der Waals surface area contributed by atoms with Crippen molar-refractivity contribution < 1.29 is 8.42 Å². The molecule has 0 fully saturated rings. The van der Waals surface area contributed by atoms with Gasteiger partial charge in [-0.25, -0.2) is 13.1 Å². The number of hydrogen-bond acceptors (Lipinski definition) is 3. The van der Waals surface area contributed by atoms with Crippen molar-refractivity contribution in [3.63, 3.8) is 0 Å². The fourth-order valence-electron chi connectivity index (χ4n) is 1.56. The van der Waals surface area contributed by atoms with E-state index in [1.54, 1.807) is 19.1 Å². The molecule has 0 radical (unpaired) electrons. The van der Waals surface area contributed by atoms with E-state index in [1.807, 2.05) is 13.8 Å². The first-order chi connectivity index (χ1) is 7.90. The zero-order valence-corrected chi connectivity index (χ0v) is 11.3. The van der Waals surface area contributed by atoms with E-state index >= 15 is 0 Å². The van der Waals surface area contributed by atoms with Crippen LogP contribution in [-0.2, 0) is 10.0 Å². The average molecular weight is 256 g/mol. The number of nitrogen functional groups attached to an aromatic ring is 1. The lowest BCUT2D eigenvalue weighted by molar-refractivity contribution is 0.530. The van der Waals surface area contributed by atoms with E-state index in [0.717, 1.165) is 18.4 Å². The SMILES string of the molecule is CCC(CC)NS(=O)(=O)c1ccc(N)c(C)c1. The molecule has 0 amide bonds. The Kier molecular flexibility index (Phi) is 4.54. The zero-order valence-electron chi connectivity index (χ0n) is 10.5. The van der Waals surface area contributed by atoms with Crippen LogP contribution in [0.4, 0.5) is 5.69 Å². The first-order valence-corrected chi connectivity index (χ1v) is 7.27. The Labute approximate surface area is 103 Å². The third-order valence-electron chi connectivity index (χ3n) is 2.86. The van der Waals surface area contributed by atoms with Crippen LogP contribution in [0.15, 0.2) is 23.1 Å². The van der Waals surface area contributed by atoms with Gasteiger partial charge in [-0.15, -0.1) is 0 Å². The molecule has 1 rings (SSSR count). The van der Waals surface area contributed by atoms with Crippen LogP contribution in [0.2, 0.25) is 0 Å². The zero-order chi connectivity index (χ0) is 13.1. The third-order valence-corrected chi connectivity index (χ3v) is 4.38. The molecule has 4 nitrogen and oxygen atoms in total. The van der Waals surface area contributed by atoms with Crippen molar-refractivity contribution in [2.75, 3.05) is 5.73 Å². The Bertz CT molecular complexity index is 479. The van der Waals surface area contributed by atoms with Crippen LogP contribution in [0.5, 0.6) is 0 Å². The van der Waals surface area contributed by atoms with Crippen molar-refractivity contribution in [2.24, 2.45) is 0 Å². The number of benzene rings is 1. The minimum Gasteiger partial charge on any atom is -0.399 e. The van der Waals surface area contributed by atoms with Crippen LogP contribution in [-0.4, -0.2) is 14.5 Å². The minimum atomic E-state index is -3.43. The highest BCUT2D eigenvalue weighted by Gasteiger charge is 2.18. The second kappa shape index (κ2) is 5.51. The molecule has 1 aromatic carbocycles. The summed E-state index contributed by atoms with van der Waals surface area (Å²) < 4.78 is 26.8. The molecular formula is C12H20N2O2S. The molecule has 5 heteroatoms. The number of rotatable bonds is 5. The Morgan fingerprint density at radius 3 is 2.35 bits per heavy atom. The van der Waals surface area contributed by atoms with Crippen LogP contribution < -0.4 is 10.5 Å². The standard InChI is InChI=1S/C12H20N2O2S/c1-4-10(5-2)14-17(15,16)11-6-7-12(13)9(3)8-11/h6-8,10,14H,4-5,13H2,1-3H3. The second-order valence-corrected chi connectivity index (χ2v) is 5.87. The highest BCUT2D eigenvalue weighted by atomic mass is 32.2. The second-order valence-electron chi connectivity index (χ2n) is 4.15. The van der Waals surface area contributed by atoms with Gasteiger partial charge in [-0.2, -0.15) is 0 Å². The van der Waals surface area contributed by atoms with E-state index in [9.17, 15) is 8.42 Å². The molecule has 0 saturated carbocycles. The summed E-state index contributed by atoms with van der Waals surface area (Å²) in [7, 11) is -3.43. The fourth-order valence-corrected chi connectivity index (χ4v) is 3.05. The number of anilines is 1. The van der Waals surface area contributed by atoms with Crippen molar-refractivity contribution in [1.82, 2.24) is 4.72 Å². The molecule has 17 heavy (non-hydrogen) atoms. The van der Waals surface area contributed by atoms with Gasteiger partial charge in [0.2, 0.25) is 10.0 Å². The summed E-state index contributed by atoms with van der Waals surface area (Å²) in [6.07, 6.45) is 1.56. The summed E-state index contributed by atoms with van der Waals surface area (Å²) in [6.45, 7) is 5.72. The molecule has 0 aliphatic carbocycles. The molecule has 0 bridgehead atoms. The lowest BCUT2D eigenvalue weighted by Crippen LogP contribution is -2.33. The van der Waals surface area contributed by atoms with Gasteiger partial charge in [0, 0.05) is 11.7 Å². The van der Waals surface area contributed by atoms with Crippen molar-refractivity contribution >= 4 is 15.7 Å². The van der Waals surface area contributed by atoms with Crippen LogP contribution in [0.3, 0.4) is 0 Å². The normalized spacial score (nSPS) is 12.0. The Hall–Kier alpha value is -1.07. The maximum absolute atomic E-state index is 12.1. The van der Waals surface area contributed by atoms with Gasteiger partial charge in [-0.05, 0) is 43.5 Å². The van der Waals surface area contributed by atoms with Gasteiger partial charge in [0.1, 0.15) is 0 Å². The summed E-state index contributed by atoms with van der Waals surface area (Å²) in [6, 6.07) is 4.74. The fraction of sp³-hybridized carbons (Fsp3) is 0.500. The lowest BCUT2D eigenvalue weighted by atomic mass is 10.2. The van der Waals surface area contributed by atoms with Crippen molar-refractivity contribution in [2.45, 2.75) is 44.6 Å². The Balaban J connectivity index is 3.01. The number of hydrogen-bond donors (Lipinski definition) is 2. The van der Waals surface area contributed by atoms with Crippen LogP contribution in [0, 0.1) is 6.92 Å². The molecule has 0 aromatic heterocycles. The Morgan fingerprint density at radius 2 is 1.88 bits per heavy atom. The lowest BCUT2D eigenvalue weighted by Gasteiger charge is -2.15. The van der Waals surface area contributed by atoms with E-state index in [2.05, 4.69) is 4.72 Å². The number of sulfonamides is 1. The molecular weight excluding hydrogens is 236 g/mol. The molecule has 0 spiro atoms. The summed E-state index contributed by atoms with van der Waals surface area (Å²) in [5.41, 5.74) is 7.05. The Morgan fingerprint density at radius 1 is 1.29 bits per heavy atom. The minimum absolute atomic E-state index is 0.0159. The van der Waals surface area contributed by atoms with Gasteiger partial charge in [0.15, 0.2) is 0 Å². The van der Waals surface area contributed by atoms with Crippen LogP contribution in [0.1, 0.15) is 32.3 Å². The molecule has 0 unspecified atom stereocenters. The molecule has 96 valence electrons. The molecule has 3 N–H and O–H groups in total. The van der Waals surface area contributed by atoms with Gasteiger partial charge >= 0.3 is 0 Å². The summed E-state index contributed by atoms with van der Waals surface area (Å²) in [4.78, 5) is 0.274. The third kappa shape index (κ3) is 3.44. The predicted octanol–water partition coefficient (Wildman–Crippen LogP) is 2.04. The van der Waals surface area contributed by atoms with E-state index in [0.29, 0.717) is 5.69 Å². The summed E-state index contributed by atoms with van der Waals surface area (Å²) in [5.74, 6) is 0. The first kappa shape index (κ1) is 14.0. The van der Waals surface area contributed by atoms with Crippen molar-refractivity contribution in [1.29, 1.82) is 0 Å². The number of aryl methyl sites for hydroxylation is 1. The van der Waals surface area contributed by atoms with E-state index < -0.39 is 10.0 Å². The van der Waals surface area contributed by atoms with Gasteiger partial charge in [0.05, 0.1) is 4.90 Å². The average Bonchev–Trinajstić information content (AvgIpc) is 2.29.